The van der Waals surface area contributed by atoms with Gasteiger partial charge in [0.15, 0.2) is 0 Å². The van der Waals surface area contributed by atoms with E-state index in [1.165, 1.54) is 25.8 Å². The number of nitrogens with zero attached hydrogens (tertiary/aromatic N) is 1. The third-order valence-corrected chi connectivity index (χ3v) is 3.38. The van der Waals surface area contributed by atoms with Crippen LogP contribution in [0, 0.1) is 0 Å². The van der Waals surface area contributed by atoms with Crippen LogP contribution in [-0.2, 0) is 9.53 Å². The van der Waals surface area contributed by atoms with Gasteiger partial charge in [0.25, 0.3) is 0 Å². The molecule has 1 fully saturated rings. The maximum atomic E-state index is 11.3. The molecule has 5 heteroatoms. The van der Waals surface area contributed by atoms with Gasteiger partial charge in [-0.3, -0.25) is 4.79 Å². The molecule has 0 aliphatic carbocycles. The largest absolute Gasteiger partial charge is 0.370 e. The summed E-state index contributed by atoms with van der Waals surface area (Å²) in [5.41, 5.74) is 5.27. The topological polar surface area (TPSA) is 67.6 Å². The normalized spacial score (nSPS) is 20.9. The van der Waals surface area contributed by atoms with Gasteiger partial charge in [0, 0.05) is 25.7 Å². The highest BCUT2D eigenvalue weighted by atomic mass is 16.5. The Morgan fingerprint density at radius 1 is 1.50 bits per heavy atom. The van der Waals surface area contributed by atoms with Crippen molar-refractivity contribution in [1.82, 2.24) is 10.2 Å². The molecule has 1 amide bonds. The minimum absolute atomic E-state index is 0.0462. The molecule has 5 nitrogen and oxygen atoms in total. The average Bonchev–Trinajstić information content (AvgIpc) is 2.37. The van der Waals surface area contributed by atoms with Gasteiger partial charge in [-0.2, -0.15) is 0 Å². The summed E-state index contributed by atoms with van der Waals surface area (Å²) in [6.07, 6.45) is 4.97. The number of ether oxygens (including phenoxy) is 1. The second kappa shape index (κ2) is 9.30. The smallest absolute Gasteiger partial charge is 0.245 e. The van der Waals surface area contributed by atoms with E-state index >= 15 is 0 Å². The van der Waals surface area contributed by atoms with E-state index in [9.17, 15) is 4.79 Å². The third-order valence-electron chi connectivity index (χ3n) is 3.38. The number of hydrogen-bond donors (Lipinski definition) is 2. The van der Waals surface area contributed by atoms with E-state index < -0.39 is 0 Å². The molecule has 18 heavy (non-hydrogen) atoms. The number of carbonyl (C=O) groups excluding carboxylic acids is 1. The summed E-state index contributed by atoms with van der Waals surface area (Å²) in [6.45, 7) is 6.32. The van der Waals surface area contributed by atoms with Gasteiger partial charge in [0.05, 0.1) is 6.61 Å². The van der Waals surface area contributed by atoms with Crippen molar-refractivity contribution in [2.45, 2.75) is 38.6 Å². The van der Waals surface area contributed by atoms with Gasteiger partial charge in [-0.1, -0.05) is 6.42 Å². The van der Waals surface area contributed by atoms with Gasteiger partial charge in [-0.15, -0.1) is 0 Å². The zero-order valence-corrected chi connectivity index (χ0v) is 11.5. The highest BCUT2D eigenvalue weighted by Crippen LogP contribution is 2.15. The first-order chi connectivity index (χ1) is 8.74. The lowest BCUT2D eigenvalue weighted by Gasteiger charge is -2.33. The first kappa shape index (κ1) is 15.4. The number of amides is 1. The summed E-state index contributed by atoms with van der Waals surface area (Å²) in [5, 5.41) is 2.86. The van der Waals surface area contributed by atoms with Gasteiger partial charge < -0.3 is 20.7 Å². The molecular formula is C13H27N3O2. The zero-order chi connectivity index (χ0) is 13.2. The van der Waals surface area contributed by atoms with Crippen molar-refractivity contribution in [2.24, 2.45) is 5.73 Å². The number of piperidine rings is 1. The van der Waals surface area contributed by atoms with Gasteiger partial charge in [0.2, 0.25) is 5.91 Å². The molecule has 0 aromatic rings. The van der Waals surface area contributed by atoms with E-state index in [0.717, 1.165) is 19.5 Å². The number of hydrogen-bond acceptors (Lipinski definition) is 4. The first-order valence-corrected chi connectivity index (χ1v) is 7.02. The molecule has 0 spiro atoms. The monoisotopic (exact) mass is 257 g/mol. The molecule has 0 aromatic heterocycles. The van der Waals surface area contributed by atoms with Crippen LogP contribution in [-0.4, -0.2) is 56.2 Å². The Morgan fingerprint density at radius 3 is 3.06 bits per heavy atom. The fraction of sp³-hybridized carbons (Fsp3) is 0.923. The second-order valence-corrected chi connectivity index (χ2v) is 4.93. The molecule has 0 aromatic carbocycles. The van der Waals surface area contributed by atoms with Crippen molar-refractivity contribution < 1.29 is 9.53 Å². The van der Waals surface area contributed by atoms with Crippen LogP contribution in [0.1, 0.15) is 32.6 Å². The van der Waals surface area contributed by atoms with Crippen LogP contribution in [0.25, 0.3) is 0 Å². The van der Waals surface area contributed by atoms with Crippen molar-refractivity contribution in [3.63, 3.8) is 0 Å². The van der Waals surface area contributed by atoms with Crippen LogP contribution >= 0.6 is 0 Å². The number of nitrogens with one attached hydrogen (secondary N) is 1. The highest BCUT2D eigenvalue weighted by molar-refractivity contribution is 5.77. The zero-order valence-electron chi connectivity index (χ0n) is 11.5. The molecule has 0 saturated carbocycles. The predicted molar refractivity (Wildman–Crippen MR) is 72.4 cm³/mol. The van der Waals surface area contributed by atoms with Crippen molar-refractivity contribution in [2.75, 3.05) is 39.4 Å². The lowest BCUT2D eigenvalue weighted by molar-refractivity contribution is -0.125. The Balaban J connectivity index is 1.98. The average molecular weight is 257 g/mol. The van der Waals surface area contributed by atoms with Crippen molar-refractivity contribution in [3.8, 4) is 0 Å². The third kappa shape index (κ3) is 6.33. The first-order valence-electron chi connectivity index (χ1n) is 7.02. The Bertz CT molecular complexity index is 236. The molecule has 1 heterocycles. The fourth-order valence-electron chi connectivity index (χ4n) is 2.30. The fourth-order valence-corrected chi connectivity index (χ4v) is 2.30. The molecule has 1 atom stereocenters. The van der Waals surface area contributed by atoms with E-state index in [4.69, 9.17) is 10.5 Å². The van der Waals surface area contributed by atoms with Gasteiger partial charge >= 0.3 is 0 Å². The van der Waals surface area contributed by atoms with E-state index in [0.29, 0.717) is 19.2 Å². The molecule has 1 rings (SSSR count). The molecule has 1 aliphatic heterocycles. The molecule has 0 radical (unpaired) electrons. The van der Waals surface area contributed by atoms with Crippen LogP contribution in [0.15, 0.2) is 0 Å². The quantitative estimate of drug-likeness (QED) is 0.615. The molecule has 0 bridgehead atoms. The molecular weight excluding hydrogens is 230 g/mol. The Hall–Kier alpha value is -0.650. The molecule has 1 unspecified atom stereocenters. The number of nitrogens with two attached hydrogens (primary N) is 1. The van der Waals surface area contributed by atoms with Crippen molar-refractivity contribution >= 4 is 5.91 Å². The summed E-state index contributed by atoms with van der Waals surface area (Å²) < 4.78 is 5.06. The van der Waals surface area contributed by atoms with Crippen LogP contribution in [0.2, 0.25) is 0 Å². The Labute approximate surface area is 110 Å². The van der Waals surface area contributed by atoms with Crippen LogP contribution in [0.3, 0.4) is 0 Å². The van der Waals surface area contributed by atoms with E-state index in [1.807, 2.05) is 0 Å². The molecule has 1 saturated heterocycles. The summed E-state index contributed by atoms with van der Waals surface area (Å²) >= 11 is 0. The predicted octanol–water partition coefficient (Wildman–Crippen LogP) is 0.342. The summed E-state index contributed by atoms with van der Waals surface area (Å²) in [5.74, 6) is -0.0462. The van der Waals surface area contributed by atoms with Crippen LogP contribution in [0.4, 0.5) is 0 Å². The number of likely N-dealkylation sites (tertiary alicyclic amines) is 1. The Kier molecular flexibility index (Phi) is 7.96. The van der Waals surface area contributed by atoms with Crippen molar-refractivity contribution in [3.05, 3.63) is 0 Å². The maximum Gasteiger partial charge on any atom is 0.245 e. The van der Waals surface area contributed by atoms with E-state index in [1.54, 1.807) is 0 Å². The Morgan fingerprint density at radius 2 is 2.33 bits per heavy atom. The van der Waals surface area contributed by atoms with Gasteiger partial charge in [0.1, 0.15) is 6.61 Å². The lowest BCUT2D eigenvalue weighted by atomic mass is 10.0. The summed E-state index contributed by atoms with van der Waals surface area (Å²) in [7, 11) is 0. The lowest BCUT2D eigenvalue weighted by Crippen LogP contribution is -2.39. The van der Waals surface area contributed by atoms with E-state index in [2.05, 4.69) is 17.1 Å². The molecule has 1 aliphatic rings. The van der Waals surface area contributed by atoms with Crippen LogP contribution in [0.5, 0.6) is 0 Å². The molecule has 106 valence electrons. The second-order valence-electron chi connectivity index (χ2n) is 4.93. The van der Waals surface area contributed by atoms with E-state index in [-0.39, 0.29) is 12.5 Å². The van der Waals surface area contributed by atoms with Crippen LogP contribution < -0.4 is 11.1 Å². The summed E-state index contributed by atoms with van der Waals surface area (Å²) in [6, 6.07) is 0.697. The number of carbonyl (C=O) groups is 1. The minimum atomic E-state index is -0.0462. The number of rotatable bonds is 8. The minimum Gasteiger partial charge on any atom is -0.370 e. The molecule has 3 N–H and O–H groups in total. The SMILES string of the molecule is CC1CCCCN1CCCNC(=O)COCCN. The maximum absolute atomic E-state index is 11.3. The van der Waals surface area contributed by atoms with Crippen molar-refractivity contribution in [1.29, 1.82) is 0 Å². The summed E-state index contributed by atoms with van der Waals surface area (Å²) in [4.78, 5) is 13.9. The van der Waals surface area contributed by atoms with Gasteiger partial charge in [-0.05, 0) is 32.7 Å². The standard InChI is InChI=1S/C13H27N3O2/c1-12-5-2-3-8-16(12)9-4-7-15-13(17)11-18-10-6-14/h12H,2-11,14H2,1H3,(H,15,17). The van der Waals surface area contributed by atoms with Gasteiger partial charge in [-0.25, -0.2) is 0 Å². The highest BCUT2D eigenvalue weighted by Gasteiger charge is 2.17.